The van der Waals surface area contributed by atoms with Crippen LogP contribution in [0.1, 0.15) is 28.4 Å². The topological polar surface area (TPSA) is 59.3 Å². The van der Waals surface area contributed by atoms with Crippen LogP contribution in [0, 0.1) is 11.3 Å². The third kappa shape index (κ3) is 3.37. The van der Waals surface area contributed by atoms with Crippen molar-refractivity contribution in [2.75, 3.05) is 7.11 Å². The van der Waals surface area contributed by atoms with Gasteiger partial charge < -0.3 is 9.47 Å². The summed E-state index contributed by atoms with van der Waals surface area (Å²) in [6.45, 7) is 1.66. The minimum absolute atomic E-state index is 0.296. The van der Waals surface area contributed by atoms with Crippen LogP contribution >= 0.6 is 0 Å². The van der Waals surface area contributed by atoms with E-state index in [9.17, 15) is 18.0 Å². The van der Waals surface area contributed by atoms with Crippen LogP contribution < -0.4 is 4.74 Å². The van der Waals surface area contributed by atoms with Crippen molar-refractivity contribution in [2.45, 2.75) is 19.7 Å². The van der Waals surface area contributed by atoms with E-state index in [0.29, 0.717) is 12.0 Å². The molecule has 7 heteroatoms. The number of benzene rings is 1. The van der Waals surface area contributed by atoms with Gasteiger partial charge in [0.2, 0.25) is 0 Å². The fraction of sp³-hybridized carbons (Fsp3) is 0.333. The van der Waals surface area contributed by atoms with E-state index in [2.05, 4.69) is 9.47 Å². The number of nitrogens with zero attached hydrogens (tertiary/aromatic N) is 1. The molecule has 1 aromatic rings. The summed E-state index contributed by atoms with van der Waals surface area (Å²) in [7, 11) is 1.04. The highest BCUT2D eigenvalue weighted by molar-refractivity contribution is 5.95. The zero-order valence-electron chi connectivity index (χ0n) is 10.2. The fourth-order valence-corrected chi connectivity index (χ4v) is 1.55. The number of hydrogen-bond donors (Lipinski definition) is 0. The highest BCUT2D eigenvalue weighted by Gasteiger charge is 2.35. The minimum Gasteiger partial charge on any atom is -0.465 e. The average molecular weight is 273 g/mol. The van der Waals surface area contributed by atoms with Crippen molar-refractivity contribution in [2.24, 2.45) is 0 Å². The molecule has 0 fully saturated rings. The van der Waals surface area contributed by atoms with Crippen LogP contribution in [0.25, 0.3) is 0 Å². The lowest BCUT2D eigenvalue weighted by molar-refractivity contribution is -0.274. The van der Waals surface area contributed by atoms with Crippen molar-refractivity contribution in [1.82, 2.24) is 0 Å². The Bertz CT molecular complexity index is 532. The number of carbonyl (C=O) groups excluding carboxylic acids is 1. The molecular weight excluding hydrogens is 263 g/mol. The Hall–Kier alpha value is -2.23. The van der Waals surface area contributed by atoms with E-state index in [1.54, 1.807) is 13.0 Å². The van der Waals surface area contributed by atoms with E-state index in [1.165, 1.54) is 12.1 Å². The number of ether oxygens (including phenoxy) is 2. The van der Waals surface area contributed by atoms with Gasteiger partial charge in [-0.25, -0.2) is 4.79 Å². The van der Waals surface area contributed by atoms with Gasteiger partial charge in [0.05, 0.1) is 12.7 Å². The summed E-state index contributed by atoms with van der Waals surface area (Å²) in [5, 5.41) is 8.81. The summed E-state index contributed by atoms with van der Waals surface area (Å²) in [5.41, 5.74) is -0.443. The Morgan fingerprint density at radius 2 is 2.05 bits per heavy atom. The second-order valence-electron chi connectivity index (χ2n) is 3.48. The molecule has 102 valence electrons. The first-order chi connectivity index (χ1) is 8.84. The van der Waals surface area contributed by atoms with Gasteiger partial charge in [-0.15, -0.1) is 13.2 Å². The van der Waals surface area contributed by atoms with Crippen molar-refractivity contribution in [3.63, 3.8) is 0 Å². The van der Waals surface area contributed by atoms with Crippen LogP contribution in [0.2, 0.25) is 0 Å². The third-order valence-corrected chi connectivity index (χ3v) is 2.35. The first-order valence-electron chi connectivity index (χ1n) is 5.24. The van der Waals surface area contributed by atoms with Crippen LogP contribution in [0.3, 0.4) is 0 Å². The van der Waals surface area contributed by atoms with Gasteiger partial charge in [-0.2, -0.15) is 5.26 Å². The lowest BCUT2D eigenvalue weighted by Crippen LogP contribution is -2.21. The average Bonchev–Trinajstić information content (AvgIpc) is 2.35. The zero-order chi connectivity index (χ0) is 14.6. The standard InChI is InChI=1S/C12H10F3NO3/c1-3-7-4-5-8(6-16)10(19-12(13,14)15)9(7)11(17)18-2/h4-5H,3H2,1-2H3. The molecule has 0 aliphatic carbocycles. The molecule has 0 N–H and O–H groups in total. The first kappa shape index (κ1) is 14.8. The summed E-state index contributed by atoms with van der Waals surface area (Å²) in [6.07, 6.45) is -4.70. The predicted octanol–water partition coefficient (Wildman–Crippen LogP) is 2.81. The number of halogens is 3. The minimum atomic E-state index is -5.00. The molecule has 0 spiro atoms. The Kier molecular flexibility index (Phi) is 4.38. The van der Waals surface area contributed by atoms with E-state index < -0.39 is 18.1 Å². The van der Waals surface area contributed by atoms with E-state index in [0.717, 1.165) is 7.11 Å². The van der Waals surface area contributed by atoms with Gasteiger partial charge in [0.1, 0.15) is 11.6 Å². The van der Waals surface area contributed by atoms with Crippen molar-refractivity contribution in [1.29, 1.82) is 5.26 Å². The van der Waals surface area contributed by atoms with Crippen LogP contribution in [0.15, 0.2) is 12.1 Å². The molecule has 0 saturated carbocycles. The second kappa shape index (κ2) is 5.61. The molecule has 0 bridgehead atoms. The zero-order valence-corrected chi connectivity index (χ0v) is 10.2. The summed E-state index contributed by atoms with van der Waals surface area (Å²) in [5.74, 6) is -1.80. The number of methoxy groups -OCH3 is 1. The molecule has 0 atom stereocenters. The molecule has 0 unspecified atom stereocenters. The Morgan fingerprint density at radius 3 is 2.47 bits per heavy atom. The largest absolute Gasteiger partial charge is 0.573 e. The maximum atomic E-state index is 12.4. The number of esters is 1. The molecule has 1 rings (SSSR count). The molecule has 0 amide bonds. The summed E-state index contributed by atoms with van der Waals surface area (Å²) in [6, 6.07) is 4.13. The molecule has 4 nitrogen and oxygen atoms in total. The highest BCUT2D eigenvalue weighted by Crippen LogP contribution is 2.33. The molecule has 1 aromatic carbocycles. The number of alkyl halides is 3. The number of hydrogen-bond acceptors (Lipinski definition) is 4. The van der Waals surface area contributed by atoms with E-state index in [1.807, 2.05) is 0 Å². The second-order valence-corrected chi connectivity index (χ2v) is 3.48. The van der Waals surface area contributed by atoms with Crippen LogP contribution in [-0.2, 0) is 11.2 Å². The SMILES string of the molecule is CCc1ccc(C#N)c(OC(F)(F)F)c1C(=O)OC. The number of carbonyl (C=O) groups is 1. The lowest BCUT2D eigenvalue weighted by Gasteiger charge is -2.16. The fourth-order valence-electron chi connectivity index (χ4n) is 1.55. The summed E-state index contributed by atoms with van der Waals surface area (Å²) in [4.78, 5) is 11.6. The number of rotatable bonds is 3. The van der Waals surface area contributed by atoms with Gasteiger partial charge in [-0.3, -0.25) is 0 Å². The molecule has 0 radical (unpaired) electrons. The molecular formula is C12H10F3NO3. The highest BCUT2D eigenvalue weighted by atomic mass is 19.4. The Balaban J connectivity index is 3.53. The third-order valence-electron chi connectivity index (χ3n) is 2.35. The monoisotopic (exact) mass is 273 g/mol. The maximum absolute atomic E-state index is 12.4. The quantitative estimate of drug-likeness (QED) is 0.794. The van der Waals surface area contributed by atoms with Crippen LogP contribution in [0.5, 0.6) is 5.75 Å². The van der Waals surface area contributed by atoms with Crippen molar-refractivity contribution in [3.05, 3.63) is 28.8 Å². The van der Waals surface area contributed by atoms with Crippen molar-refractivity contribution < 1.29 is 27.4 Å². The van der Waals surface area contributed by atoms with Gasteiger partial charge in [0, 0.05) is 0 Å². The van der Waals surface area contributed by atoms with Crippen molar-refractivity contribution in [3.8, 4) is 11.8 Å². The molecule has 0 heterocycles. The van der Waals surface area contributed by atoms with Crippen molar-refractivity contribution >= 4 is 5.97 Å². The Labute approximate surface area is 107 Å². The summed E-state index contributed by atoms with van der Waals surface area (Å²) >= 11 is 0. The molecule has 0 aliphatic rings. The molecule has 0 aliphatic heterocycles. The van der Waals surface area contributed by atoms with Crippen LogP contribution in [-0.4, -0.2) is 19.4 Å². The van der Waals surface area contributed by atoms with E-state index in [-0.39, 0.29) is 11.1 Å². The van der Waals surface area contributed by atoms with Crippen LogP contribution in [0.4, 0.5) is 13.2 Å². The van der Waals surface area contributed by atoms with Gasteiger partial charge in [-0.1, -0.05) is 13.0 Å². The predicted molar refractivity (Wildman–Crippen MR) is 58.6 cm³/mol. The molecule has 19 heavy (non-hydrogen) atoms. The lowest BCUT2D eigenvalue weighted by atomic mass is 10.0. The normalized spacial score (nSPS) is 10.7. The number of nitriles is 1. The summed E-state index contributed by atoms with van der Waals surface area (Å²) < 4.78 is 45.3. The van der Waals surface area contributed by atoms with Gasteiger partial charge in [0.15, 0.2) is 5.75 Å². The molecule has 0 aromatic heterocycles. The number of aryl methyl sites for hydroxylation is 1. The van der Waals surface area contributed by atoms with Gasteiger partial charge in [0.25, 0.3) is 0 Å². The van der Waals surface area contributed by atoms with Gasteiger partial charge >= 0.3 is 12.3 Å². The smallest absolute Gasteiger partial charge is 0.465 e. The van der Waals surface area contributed by atoms with E-state index in [4.69, 9.17) is 5.26 Å². The molecule has 0 saturated heterocycles. The first-order valence-corrected chi connectivity index (χ1v) is 5.24. The Morgan fingerprint density at radius 1 is 1.42 bits per heavy atom. The maximum Gasteiger partial charge on any atom is 0.573 e. The van der Waals surface area contributed by atoms with E-state index >= 15 is 0 Å². The van der Waals surface area contributed by atoms with Gasteiger partial charge in [-0.05, 0) is 18.1 Å².